The van der Waals surface area contributed by atoms with E-state index in [1.165, 1.54) is 0 Å². The molecule has 98 valence electrons. The lowest BCUT2D eigenvalue weighted by Crippen LogP contribution is -2.18. The van der Waals surface area contributed by atoms with E-state index in [0.717, 1.165) is 12.1 Å². The van der Waals surface area contributed by atoms with Crippen LogP contribution in [0.1, 0.15) is 23.6 Å². The lowest BCUT2D eigenvalue weighted by Gasteiger charge is -2.14. The van der Waals surface area contributed by atoms with Crippen LogP contribution in [0.4, 0.5) is 17.6 Å². The van der Waals surface area contributed by atoms with Crippen molar-refractivity contribution in [1.29, 1.82) is 0 Å². The molecule has 0 aromatic heterocycles. The lowest BCUT2D eigenvalue weighted by molar-refractivity contribution is -0.137. The minimum atomic E-state index is -4.50. The Morgan fingerprint density at radius 2 is 1.82 bits per heavy atom. The van der Waals surface area contributed by atoms with E-state index >= 15 is 0 Å². The molecule has 0 saturated heterocycles. The molecule has 1 atom stereocenters. The van der Waals surface area contributed by atoms with Crippen LogP contribution in [0.3, 0.4) is 0 Å². The molecule has 4 N–H and O–H groups in total. The molecule has 0 amide bonds. The second kappa shape index (κ2) is 6.18. The summed E-state index contributed by atoms with van der Waals surface area (Å²) < 4.78 is 50.3. The van der Waals surface area contributed by atoms with Gasteiger partial charge in [-0.15, -0.1) is 12.4 Å². The molecule has 0 bridgehead atoms. The van der Waals surface area contributed by atoms with E-state index in [2.05, 4.69) is 0 Å². The lowest BCUT2D eigenvalue weighted by atomic mass is 10.0. The summed E-state index contributed by atoms with van der Waals surface area (Å²) in [5.74, 6) is -0.742. The van der Waals surface area contributed by atoms with Crippen LogP contribution in [-0.4, -0.2) is 6.54 Å². The topological polar surface area (TPSA) is 52.0 Å². The molecule has 0 heterocycles. The quantitative estimate of drug-likeness (QED) is 0.831. The van der Waals surface area contributed by atoms with Crippen molar-refractivity contribution in [2.45, 2.75) is 18.6 Å². The first kappa shape index (κ1) is 16.1. The van der Waals surface area contributed by atoms with Crippen LogP contribution in [0.25, 0.3) is 0 Å². The summed E-state index contributed by atoms with van der Waals surface area (Å²) in [5.41, 5.74) is 9.69. The summed E-state index contributed by atoms with van der Waals surface area (Å²) in [5, 5.41) is 0. The van der Waals surface area contributed by atoms with E-state index in [1.807, 2.05) is 0 Å². The van der Waals surface area contributed by atoms with Crippen molar-refractivity contribution < 1.29 is 17.6 Å². The van der Waals surface area contributed by atoms with E-state index in [0.29, 0.717) is 6.07 Å². The normalized spacial score (nSPS) is 13.1. The maximum atomic E-state index is 13.2. The number of hydrogen-bond acceptors (Lipinski definition) is 2. The Balaban J connectivity index is 0.00000256. The minimum absolute atomic E-state index is 0. The molecule has 0 radical (unpaired) electrons. The van der Waals surface area contributed by atoms with E-state index < -0.39 is 23.6 Å². The number of benzene rings is 1. The van der Waals surface area contributed by atoms with Crippen molar-refractivity contribution in [2.75, 3.05) is 6.54 Å². The number of nitrogens with two attached hydrogens (primary N) is 2. The summed E-state index contributed by atoms with van der Waals surface area (Å²) in [6.07, 6.45) is -4.26. The number of hydrogen-bond donors (Lipinski definition) is 2. The predicted molar refractivity (Wildman–Crippen MR) is 59.2 cm³/mol. The molecule has 1 aromatic rings. The number of halogens is 5. The van der Waals surface area contributed by atoms with Crippen LogP contribution in [0.15, 0.2) is 18.2 Å². The van der Waals surface area contributed by atoms with Gasteiger partial charge < -0.3 is 11.5 Å². The van der Waals surface area contributed by atoms with Crippen molar-refractivity contribution in [1.82, 2.24) is 0 Å². The summed E-state index contributed by atoms with van der Waals surface area (Å²) in [6.45, 7) is 0.191. The molecule has 1 rings (SSSR count). The van der Waals surface area contributed by atoms with Crippen LogP contribution in [0.2, 0.25) is 0 Å². The highest BCUT2D eigenvalue weighted by Crippen LogP contribution is 2.31. The fraction of sp³-hybridized carbons (Fsp3) is 0.400. The standard InChI is InChI=1S/C10H12F4N2.ClH/c11-8-2-1-6(10(12,13)14)5-7(8)9(16)3-4-15;/h1-2,5,9H,3-4,15-16H2;1H/t9-;/m0./s1. The molecule has 0 spiro atoms. The molecule has 0 unspecified atom stereocenters. The van der Waals surface area contributed by atoms with Crippen molar-refractivity contribution >= 4 is 12.4 Å². The highest BCUT2D eigenvalue weighted by Gasteiger charge is 2.31. The average molecular weight is 273 g/mol. The summed E-state index contributed by atoms with van der Waals surface area (Å²) >= 11 is 0. The monoisotopic (exact) mass is 272 g/mol. The number of rotatable bonds is 3. The second-order valence-corrected chi connectivity index (χ2v) is 3.42. The zero-order chi connectivity index (χ0) is 12.3. The highest BCUT2D eigenvalue weighted by atomic mass is 35.5. The third-order valence-corrected chi connectivity index (χ3v) is 2.20. The van der Waals surface area contributed by atoms with Gasteiger partial charge >= 0.3 is 6.18 Å². The third kappa shape index (κ3) is 4.14. The number of alkyl halides is 3. The summed E-state index contributed by atoms with van der Waals surface area (Å²) in [6, 6.07) is 1.38. The van der Waals surface area contributed by atoms with Crippen molar-refractivity contribution in [3.63, 3.8) is 0 Å². The maximum absolute atomic E-state index is 13.2. The molecule has 1 aromatic carbocycles. The van der Waals surface area contributed by atoms with Crippen LogP contribution in [0, 0.1) is 5.82 Å². The Kier molecular flexibility index (Phi) is 5.87. The van der Waals surface area contributed by atoms with Crippen molar-refractivity contribution in [3.8, 4) is 0 Å². The van der Waals surface area contributed by atoms with Gasteiger partial charge in [-0.05, 0) is 31.2 Å². The molecule has 0 aliphatic carbocycles. The summed E-state index contributed by atoms with van der Waals surface area (Å²) in [7, 11) is 0. The van der Waals surface area contributed by atoms with Gasteiger partial charge in [0.25, 0.3) is 0 Å². The Bertz CT molecular complexity index is 368. The third-order valence-electron chi connectivity index (χ3n) is 2.20. The molecule has 0 saturated carbocycles. The van der Waals surface area contributed by atoms with Crippen LogP contribution in [-0.2, 0) is 6.18 Å². The van der Waals surface area contributed by atoms with Gasteiger partial charge in [-0.3, -0.25) is 0 Å². The van der Waals surface area contributed by atoms with Gasteiger partial charge in [-0.2, -0.15) is 13.2 Å². The minimum Gasteiger partial charge on any atom is -0.330 e. The first-order valence-electron chi connectivity index (χ1n) is 4.68. The molecule has 0 aliphatic heterocycles. The van der Waals surface area contributed by atoms with Gasteiger partial charge in [0.15, 0.2) is 0 Å². The Morgan fingerprint density at radius 3 is 2.29 bits per heavy atom. The van der Waals surface area contributed by atoms with Crippen LogP contribution in [0.5, 0.6) is 0 Å². The van der Waals surface area contributed by atoms with Gasteiger partial charge in [-0.25, -0.2) is 4.39 Å². The Hall–Kier alpha value is -0.850. The van der Waals surface area contributed by atoms with Gasteiger partial charge in [0, 0.05) is 11.6 Å². The molecule has 0 aliphatic rings. The van der Waals surface area contributed by atoms with E-state index in [4.69, 9.17) is 11.5 Å². The fourth-order valence-corrected chi connectivity index (χ4v) is 1.34. The first-order chi connectivity index (χ1) is 7.36. The molecule has 0 fully saturated rings. The molecular weight excluding hydrogens is 260 g/mol. The van der Waals surface area contributed by atoms with E-state index in [-0.39, 0.29) is 30.9 Å². The fourth-order valence-electron chi connectivity index (χ4n) is 1.34. The highest BCUT2D eigenvalue weighted by molar-refractivity contribution is 5.85. The van der Waals surface area contributed by atoms with Crippen LogP contribution >= 0.6 is 12.4 Å². The smallest absolute Gasteiger partial charge is 0.330 e. The largest absolute Gasteiger partial charge is 0.416 e. The second-order valence-electron chi connectivity index (χ2n) is 3.42. The van der Waals surface area contributed by atoms with E-state index in [9.17, 15) is 17.6 Å². The maximum Gasteiger partial charge on any atom is 0.416 e. The molecule has 17 heavy (non-hydrogen) atoms. The van der Waals surface area contributed by atoms with Crippen molar-refractivity contribution in [3.05, 3.63) is 35.1 Å². The summed E-state index contributed by atoms with van der Waals surface area (Å²) in [4.78, 5) is 0. The molecular formula is C10H13ClF4N2. The molecule has 7 heteroatoms. The van der Waals surface area contributed by atoms with Gasteiger partial charge in [0.1, 0.15) is 5.82 Å². The van der Waals surface area contributed by atoms with Gasteiger partial charge in [0.05, 0.1) is 5.56 Å². The Labute approximate surface area is 102 Å². The van der Waals surface area contributed by atoms with E-state index in [1.54, 1.807) is 0 Å². The molecule has 2 nitrogen and oxygen atoms in total. The SMILES string of the molecule is Cl.NCC[C@H](N)c1cc(C(F)(F)F)ccc1F. The zero-order valence-electron chi connectivity index (χ0n) is 8.80. The zero-order valence-corrected chi connectivity index (χ0v) is 9.61. The first-order valence-corrected chi connectivity index (χ1v) is 4.68. The van der Waals surface area contributed by atoms with Gasteiger partial charge in [0.2, 0.25) is 0 Å². The van der Waals surface area contributed by atoms with Crippen molar-refractivity contribution in [2.24, 2.45) is 11.5 Å². The van der Waals surface area contributed by atoms with Crippen LogP contribution < -0.4 is 11.5 Å². The van der Waals surface area contributed by atoms with Gasteiger partial charge in [-0.1, -0.05) is 0 Å². The average Bonchev–Trinajstić information content (AvgIpc) is 2.16. The Morgan fingerprint density at radius 1 is 1.24 bits per heavy atom. The predicted octanol–water partition coefficient (Wildman–Crippen LogP) is 2.61.